The number of rotatable bonds is 14. The first-order valence-electron chi connectivity index (χ1n) is 16.3. The van der Waals surface area contributed by atoms with E-state index >= 15 is 0 Å². The molecule has 10 nitrogen and oxygen atoms in total. The Balaban J connectivity index is 1.18. The lowest BCUT2D eigenvalue weighted by molar-refractivity contribution is -0.122. The van der Waals surface area contributed by atoms with Crippen molar-refractivity contribution in [2.24, 2.45) is 0 Å². The number of carbonyl (C=O) groups is 2. The molecule has 0 radical (unpaired) electrons. The molecule has 4 aromatic rings. The Morgan fingerprint density at radius 3 is 2.36 bits per heavy atom. The molecule has 4 aromatic carbocycles. The number of hydrogen-bond donors (Lipinski definition) is 1. The molecule has 1 amide bonds. The van der Waals surface area contributed by atoms with Gasteiger partial charge in [-0.1, -0.05) is 48.2 Å². The summed E-state index contributed by atoms with van der Waals surface area (Å²) in [5.74, 6) is 1.03. The predicted molar refractivity (Wildman–Crippen MR) is 199 cm³/mol. The molecular formula is C38H38N2O8S2. The van der Waals surface area contributed by atoms with Crippen LogP contribution in [0, 0.1) is 0 Å². The SMILES string of the molecule is COc1ccc2cc(-c3ccc(OCCN4CCOCC4)c(/C=C4\SC(=S)N(CCCOc5ccc(C(=O)O)cc5OC)C4=O)c3)ccc2c1. The van der Waals surface area contributed by atoms with Gasteiger partial charge in [0.05, 0.1) is 44.5 Å². The molecule has 6 rings (SSSR count). The zero-order valence-electron chi connectivity index (χ0n) is 27.9. The van der Waals surface area contributed by atoms with E-state index in [9.17, 15) is 14.7 Å². The van der Waals surface area contributed by atoms with Crippen LogP contribution in [0.2, 0.25) is 0 Å². The van der Waals surface area contributed by atoms with Gasteiger partial charge in [-0.3, -0.25) is 14.6 Å². The summed E-state index contributed by atoms with van der Waals surface area (Å²) < 4.78 is 28.8. The summed E-state index contributed by atoms with van der Waals surface area (Å²) in [6.45, 7) is 5.12. The number of ether oxygens (including phenoxy) is 5. The fourth-order valence-corrected chi connectivity index (χ4v) is 7.07. The lowest BCUT2D eigenvalue weighted by atomic mass is 9.99. The fraction of sp³-hybridized carbons (Fsp3) is 0.289. The van der Waals surface area contributed by atoms with E-state index in [4.69, 9.17) is 35.9 Å². The van der Waals surface area contributed by atoms with Crippen molar-refractivity contribution in [3.8, 4) is 34.1 Å². The Labute approximate surface area is 300 Å². The molecule has 0 unspecified atom stereocenters. The Morgan fingerprint density at radius 2 is 1.58 bits per heavy atom. The van der Waals surface area contributed by atoms with E-state index in [1.807, 2.05) is 36.4 Å². The topological polar surface area (TPSA) is 107 Å². The number of carboxylic acids is 1. The van der Waals surface area contributed by atoms with Crippen molar-refractivity contribution >= 4 is 57.0 Å². The first kappa shape index (κ1) is 35.2. The number of aromatic carboxylic acids is 1. The second-order valence-electron chi connectivity index (χ2n) is 11.7. The summed E-state index contributed by atoms with van der Waals surface area (Å²) in [7, 11) is 3.12. The number of hydrogen-bond acceptors (Lipinski definition) is 10. The predicted octanol–water partition coefficient (Wildman–Crippen LogP) is 6.60. The third-order valence-corrected chi connectivity index (χ3v) is 9.89. The van der Waals surface area contributed by atoms with Crippen molar-refractivity contribution in [2.75, 3.05) is 66.8 Å². The van der Waals surface area contributed by atoms with Crippen LogP contribution in [0.3, 0.4) is 0 Å². The van der Waals surface area contributed by atoms with Gasteiger partial charge in [0.15, 0.2) is 11.5 Å². The third kappa shape index (κ3) is 8.39. The van der Waals surface area contributed by atoms with Crippen molar-refractivity contribution in [1.82, 2.24) is 9.80 Å². The number of carbonyl (C=O) groups excluding carboxylic acids is 1. The summed E-state index contributed by atoms with van der Waals surface area (Å²) in [5.41, 5.74) is 2.93. The molecule has 1 N–H and O–H groups in total. The zero-order valence-corrected chi connectivity index (χ0v) is 29.5. The summed E-state index contributed by atoms with van der Waals surface area (Å²) in [5, 5.41) is 11.4. The molecule has 2 aliphatic heterocycles. The number of fused-ring (bicyclic) bond motifs is 1. The summed E-state index contributed by atoms with van der Waals surface area (Å²) in [6, 6.07) is 22.8. The maximum atomic E-state index is 13.6. The van der Waals surface area contributed by atoms with Crippen molar-refractivity contribution in [3.63, 3.8) is 0 Å². The molecule has 2 heterocycles. The lowest BCUT2D eigenvalue weighted by Crippen LogP contribution is -2.38. The standard InChI is InChI=1S/C38H38N2O8S2/c1-44-31-9-6-26-20-25(4-5-28(26)22-31)27-7-10-32(48-19-15-39-13-17-46-18-14-39)30(21-27)24-35-36(41)40(38(49)50-35)12-3-16-47-33-11-8-29(37(42)43)23-34(33)45-2/h4-11,20-24H,3,12-19H2,1-2H3,(H,42,43)/b35-24-. The van der Waals surface area contributed by atoms with Crippen LogP contribution in [0.15, 0.2) is 77.7 Å². The molecular weight excluding hydrogens is 677 g/mol. The van der Waals surface area contributed by atoms with Crippen molar-refractivity contribution in [1.29, 1.82) is 0 Å². The van der Waals surface area contributed by atoms with Gasteiger partial charge in [-0.2, -0.15) is 0 Å². The van der Waals surface area contributed by atoms with Crippen LogP contribution in [0.5, 0.6) is 23.0 Å². The highest BCUT2D eigenvalue weighted by atomic mass is 32.2. The summed E-state index contributed by atoms with van der Waals surface area (Å²) in [4.78, 5) is 29.3. The lowest BCUT2D eigenvalue weighted by Gasteiger charge is -2.26. The summed E-state index contributed by atoms with van der Waals surface area (Å²) in [6.07, 6.45) is 2.37. The number of nitrogens with zero attached hydrogens (tertiary/aromatic N) is 2. The highest BCUT2D eigenvalue weighted by Gasteiger charge is 2.32. The molecule has 0 spiro atoms. The number of benzene rings is 4. The van der Waals surface area contributed by atoms with Gasteiger partial charge in [0.25, 0.3) is 5.91 Å². The normalized spacial score (nSPS) is 15.9. The number of morpholine rings is 1. The van der Waals surface area contributed by atoms with E-state index in [1.165, 1.54) is 31.0 Å². The van der Waals surface area contributed by atoms with Crippen LogP contribution >= 0.6 is 24.0 Å². The van der Waals surface area contributed by atoms with Crippen molar-refractivity contribution < 1.29 is 38.4 Å². The minimum absolute atomic E-state index is 0.105. The highest BCUT2D eigenvalue weighted by Crippen LogP contribution is 2.37. The maximum Gasteiger partial charge on any atom is 0.335 e. The smallest absolute Gasteiger partial charge is 0.335 e. The molecule has 2 aliphatic rings. The minimum Gasteiger partial charge on any atom is -0.497 e. The van der Waals surface area contributed by atoms with Crippen LogP contribution in [0.4, 0.5) is 0 Å². The Kier molecular flexibility index (Phi) is 11.5. The largest absolute Gasteiger partial charge is 0.497 e. The van der Waals surface area contributed by atoms with Crippen LogP contribution in [-0.4, -0.2) is 97.9 Å². The second kappa shape index (κ2) is 16.4. The van der Waals surface area contributed by atoms with E-state index in [0.717, 1.165) is 66.1 Å². The Morgan fingerprint density at radius 1 is 0.860 bits per heavy atom. The number of methoxy groups -OCH3 is 2. The molecule has 0 saturated carbocycles. The van der Waals surface area contributed by atoms with Crippen molar-refractivity contribution in [2.45, 2.75) is 6.42 Å². The number of carboxylic acid groups (broad SMARTS) is 1. The van der Waals surface area contributed by atoms with E-state index in [1.54, 1.807) is 18.1 Å². The molecule has 0 aliphatic carbocycles. The van der Waals surface area contributed by atoms with Gasteiger partial charge < -0.3 is 28.8 Å². The van der Waals surface area contributed by atoms with Gasteiger partial charge in [0.1, 0.15) is 22.4 Å². The van der Waals surface area contributed by atoms with E-state index < -0.39 is 5.97 Å². The van der Waals surface area contributed by atoms with Gasteiger partial charge >= 0.3 is 5.97 Å². The quantitative estimate of drug-likeness (QED) is 0.0868. The average molecular weight is 715 g/mol. The Bertz CT molecular complexity index is 1920. The van der Waals surface area contributed by atoms with Gasteiger partial charge in [0, 0.05) is 31.7 Å². The van der Waals surface area contributed by atoms with E-state index in [0.29, 0.717) is 46.0 Å². The van der Waals surface area contributed by atoms with Crippen molar-refractivity contribution in [3.05, 3.63) is 88.8 Å². The molecule has 2 saturated heterocycles. The molecule has 0 atom stereocenters. The number of thioether (sulfide) groups is 1. The first-order chi connectivity index (χ1) is 24.3. The van der Waals surface area contributed by atoms with E-state index in [-0.39, 0.29) is 18.1 Å². The van der Waals surface area contributed by atoms with Gasteiger partial charge in [0.2, 0.25) is 0 Å². The van der Waals surface area contributed by atoms with Gasteiger partial charge in [-0.15, -0.1) is 0 Å². The van der Waals surface area contributed by atoms with Crippen LogP contribution < -0.4 is 18.9 Å². The molecule has 260 valence electrons. The van der Waals surface area contributed by atoms with E-state index in [2.05, 4.69) is 29.2 Å². The highest BCUT2D eigenvalue weighted by molar-refractivity contribution is 8.26. The number of thiocarbonyl (C=S) groups is 1. The van der Waals surface area contributed by atoms with Crippen LogP contribution in [0.25, 0.3) is 28.0 Å². The third-order valence-electron chi connectivity index (χ3n) is 8.51. The number of amides is 1. The maximum absolute atomic E-state index is 13.6. The monoisotopic (exact) mass is 714 g/mol. The Hall–Kier alpha value is -4.62. The molecule has 0 aromatic heterocycles. The molecule has 2 fully saturated rings. The molecule has 12 heteroatoms. The summed E-state index contributed by atoms with van der Waals surface area (Å²) >= 11 is 6.89. The zero-order chi connectivity index (χ0) is 35.0. The fourth-order valence-electron chi connectivity index (χ4n) is 5.77. The molecule has 0 bridgehead atoms. The van der Waals surface area contributed by atoms with Crippen LogP contribution in [-0.2, 0) is 9.53 Å². The minimum atomic E-state index is -1.05. The molecule has 50 heavy (non-hydrogen) atoms. The second-order valence-corrected chi connectivity index (χ2v) is 13.4. The average Bonchev–Trinajstić information content (AvgIpc) is 3.40. The van der Waals surface area contributed by atoms with Gasteiger partial charge in [-0.05, 0) is 82.9 Å². The first-order valence-corrected chi connectivity index (χ1v) is 17.5. The van der Waals surface area contributed by atoms with Crippen LogP contribution in [0.1, 0.15) is 22.3 Å². The van der Waals surface area contributed by atoms with Gasteiger partial charge in [-0.25, -0.2) is 4.79 Å².